The van der Waals surface area contributed by atoms with Crippen molar-refractivity contribution in [2.24, 2.45) is 0 Å². The molecule has 2 aromatic carbocycles. The van der Waals surface area contributed by atoms with E-state index in [1.54, 1.807) is 12.1 Å². The van der Waals surface area contributed by atoms with Crippen molar-refractivity contribution < 1.29 is 10.2 Å². The number of phenols is 2. The van der Waals surface area contributed by atoms with E-state index in [1.165, 1.54) is 32.1 Å². The van der Waals surface area contributed by atoms with Crippen molar-refractivity contribution >= 4 is 0 Å². The summed E-state index contributed by atoms with van der Waals surface area (Å²) < 4.78 is 0. The quantitative estimate of drug-likeness (QED) is 0.761. The lowest BCUT2D eigenvalue weighted by atomic mass is 9.84. The van der Waals surface area contributed by atoms with Crippen molar-refractivity contribution in [2.75, 3.05) is 0 Å². The Balaban J connectivity index is 0.000000173. The Labute approximate surface area is 127 Å². The lowest BCUT2D eigenvalue weighted by Gasteiger charge is -2.22. The number of para-hydroxylation sites is 2. The highest BCUT2D eigenvalue weighted by molar-refractivity contribution is 5.35. The summed E-state index contributed by atoms with van der Waals surface area (Å²) in [6.07, 6.45) is 6.50. The first-order chi connectivity index (χ1) is 10.2. The maximum atomic E-state index is 9.66. The van der Waals surface area contributed by atoms with Gasteiger partial charge in [0.2, 0.25) is 0 Å². The van der Waals surface area contributed by atoms with Crippen LogP contribution >= 0.6 is 0 Å². The van der Waals surface area contributed by atoms with Crippen molar-refractivity contribution in [3.8, 4) is 11.5 Å². The molecule has 0 aliphatic heterocycles. The van der Waals surface area contributed by atoms with Gasteiger partial charge in [0.15, 0.2) is 0 Å². The largest absolute Gasteiger partial charge is 0.508 e. The summed E-state index contributed by atoms with van der Waals surface area (Å²) in [6.45, 7) is 1.87. The molecule has 0 radical (unpaired) electrons. The minimum atomic E-state index is 0.368. The van der Waals surface area contributed by atoms with Crippen molar-refractivity contribution in [2.45, 2.75) is 44.9 Å². The molecule has 0 heterocycles. The molecule has 0 bridgehead atoms. The van der Waals surface area contributed by atoms with Crippen LogP contribution in [0.25, 0.3) is 0 Å². The molecule has 112 valence electrons. The molecule has 0 amide bonds. The second kappa shape index (κ2) is 7.72. The molecule has 1 fully saturated rings. The fraction of sp³-hybridized carbons (Fsp3) is 0.368. The summed E-state index contributed by atoms with van der Waals surface area (Å²) in [5, 5.41) is 18.6. The Kier molecular flexibility index (Phi) is 5.68. The lowest BCUT2D eigenvalue weighted by molar-refractivity contribution is 0.414. The molecule has 0 aromatic heterocycles. The number of aryl methyl sites for hydroxylation is 1. The molecule has 21 heavy (non-hydrogen) atoms. The Morgan fingerprint density at radius 3 is 1.86 bits per heavy atom. The average Bonchev–Trinajstić information content (AvgIpc) is 2.52. The standard InChI is InChI=1S/C12H16O.C7H8O/c13-12-9-5-4-8-11(12)10-6-2-1-3-7-10;1-6-4-2-3-5-7(6)8/h4-5,8-10,13H,1-3,6-7H2;2-5,8H,1H3. The van der Waals surface area contributed by atoms with Crippen LogP contribution in [0.15, 0.2) is 48.5 Å². The Morgan fingerprint density at radius 2 is 1.33 bits per heavy atom. The van der Waals surface area contributed by atoms with Crippen LogP contribution in [-0.2, 0) is 0 Å². The fourth-order valence-corrected chi connectivity index (χ4v) is 2.81. The van der Waals surface area contributed by atoms with Crippen LogP contribution in [0.4, 0.5) is 0 Å². The molecule has 0 saturated heterocycles. The highest BCUT2D eigenvalue weighted by atomic mass is 16.3. The summed E-state index contributed by atoms with van der Waals surface area (Å²) in [7, 11) is 0. The van der Waals surface area contributed by atoms with Crippen LogP contribution in [0.2, 0.25) is 0 Å². The maximum absolute atomic E-state index is 9.66. The second-order valence-electron chi connectivity index (χ2n) is 5.68. The monoisotopic (exact) mass is 284 g/mol. The highest BCUT2D eigenvalue weighted by Gasteiger charge is 2.17. The SMILES string of the molecule is Cc1ccccc1O.Oc1ccccc1C1CCCCC1. The third kappa shape index (κ3) is 4.52. The molecule has 2 heteroatoms. The fourth-order valence-electron chi connectivity index (χ4n) is 2.81. The zero-order valence-electron chi connectivity index (χ0n) is 12.6. The van der Waals surface area contributed by atoms with E-state index in [-0.39, 0.29) is 0 Å². The van der Waals surface area contributed by atoms with Crippen molar-refractivity contribution in [3.63, 3.8) is 0 Å². The predicted octanol–water partition coefficient (Wildman–Crippen LogP) is 5.14. The molecule has 0 unspecified atom stereocenters. The molecule has 1 aliphatic rings. The van der Waals surface area contributed by atoms with Gasteiger partial charge in [-0.3, -0.25) is 0 Å². The third-order valence-electron chi connectivity index (χ3n) is 4.10. The number of rotatable bonds is 1. The van der Waals surface area contributed by atoms with Crippen molar-refractivity contribution in [3.05, 3.63) is 59.7 Å². The van der Waals surface area contributed by atoms with E-state index in [0.717, 1.165) is 11.1 Å². The topological polar surface area (TPSA) is 40.5 Å². The first-order valence-corrected chi connectivity index (χ1v) is 7.71. The molecular weight excluding hydrogens is 260 g/mol. The summed E-state index contributed by atoms with van der Waals surface area (Å²) in [5.41, 5.74) is 2.08. The lowest BCUT2D eigenvalue weighted by Crippen LogP contribution is -2.04. The minimum absolute atomic E-state index is 0.368. The predicted molar refractivity (Wildman–Crippen MR) is 86.8 cm³/mol. The summed E-state index contributed by atoms with van der Waals surface area (Å²) >= 11 is 0. The highest BCUT2D eigenvalue weighted by Crippen LogP contribution is 2.36. The van der Waals surface area contributed by atoms with Gasteiger partial charge in [0.1, 0.15) is 11.5 Å². The molecule has 3 rings (SSSR count). The third-order valence-corrected chi connectivity index (χ3v) is 4.10. The van der Waals surface area contributed by atoms with Gasteiger partial charge in [0, 0.05) is 0 Å². The number of hydrogen-bond donors (Lipinski definition) is 2. The first-order valence-electron chi connectivity index (χ1n) is 7.71. The molecular formula is C19H24O2. The Hall–Kier alpha value is -1.96. The van der Waals surface area contributed by atoms with Crippen LogP contribution in [0.1, 0.15) is 49.1 Å². The van der Waals surface area contributed by atoms with Gasteiger partial charge in [-0.05, 0) is 48.9 Å². The van der Waals surface area contributed by atoms with E-state index in [0.29, 0.717) is 17.4 Å². The molecule has 0 atom stereocenters. The average molecular weight is 284 g/mol. The van der Waals surface area contributed by atoms with Crippen LogP contribution < -0.4 is 0 Å². The van der Waals surface area contributed by atoms with E-state index in [9.17, 15) is 5.11 Å². The number of hydrogen-bond acceptors (Lipinski definition) is 2. The van der Waals surface area contributed by atoms with Crippen molar-refractivity contribution in [1.82, 2.24) is 0 Å². The van der Waals surface area contributed by atoms with E-state index >= 15 is 0 Å². The minimum Gasteiger partial charge on any atom is -0.508 e. The van der Waals surface area contributed by atoms with Crippen LogP contribution in [0.3, 0.4) is 0 Å². The molecule has 2 aromatic rings. The molecule has 1 saturated carbocycles. The smallest absolute Gasteiger partial charge is 0.119 e. The van der Waals surface area contributed by atoms with Crippen LogP contribution in [-0.4, -0.2) is 10.2 Å². The zero-order valence-corrected chi connectivity index (χ0v) is 12.6. The number of benzene rings is 2. The van der Waals surface area contributed by atoms with E-state index < -0.39 is 0 Å². The summed E-state index contributed by atoms with van der Waals surface area (Å²) in [5.74, 6) is 1.46. The van der Waals surface area contributed by atoms with Crippen LogP contribution in [0.5, 0.6) is 11.5 Å². The number of aromatic hydroxyl groups is 2. The van der Waals surface area contributed by atoms with Gasteiger partial charge >= 0.3 is 0 Å². The molecule has 2 nitrogen and oxygen atoms in total. The maximum Gasteiger partial charge on any atom is 0.119 e. The number of phenolic OH excluding ortho intramolecular Hbond substituents is 2. The van der Waals surface area contributed by atoms with Crippen molar-refractivity contribution in [1.29, 1.82) is 0 Å². The van der Waals surface area contributed by atoms with Gasteiger partial charge in [0.05, 0.1) is 0 Å². The van der Waals surface area contributed by atoms with E-state index in [4.69, 9.17) is 5.11 Å². The van der Waals surface area contributed by atoms with E-state index in [1.807, 2.05) is 37.3 Å². The van der Waals surface area contributed by atoms with Gasteiger partial charge in [-0.25, -0.2) is 0 Å². The summed E-state index contributed by atoms with van der Waals surface area (Å²) in [4.78, 5) is 0. The van der Waals surface area contributed by atoms with E-state index in [2.05, 4.69) is 6.07 Å². The Morgan fingerprint density at radius 1 is 0.762 bits per heavy atom. The van der Waals surface area contributed by atoms with Gasteiger partial charge < -0.3 is 10.2 Å². The first kappa shape index (κ1) is 15.4. The van der Waals surface area contributed by atoms with Gasteiger partial charge in [-0.2, -0.15) is 0 Å². The van der Waals surface area contributed by atoms with Crippen LogP contribution in [0, 0.1) is 6.92 Å². The molecule has 2 N–H and O–H groups in total. The molecule has 0 spiro atoms. The normalized spacial score (nSPS) is 15.1. The second-order valence-corrected chi connectivity index (χ2v) is 5.68. The van der Waals surface area contributed by atoms with Gasteiger partial charge in [-0.15, -0.1) is 0 Å². The Bertz CT molecular complexity index is 536. The van der Waals surface area contributed by atoms with Gasteiger partial charge in [-0.1, -0.05) is 55.7 Å². The van der Waals surface area contributed by atoms with Gasteiger partial charge in [0.25, 0.3) is 0 Å². The zero-order chi connectivity index (χ0) is 15.1. The molecule has 1 aliphatic carbocycles. The summed E-state index contributed by atoms with van der Waals surface area (Å²) in [6, 6.07) is 15.0.